The molecule has 1 fully saturated rings. The number of ether oxygens (including phenoxy) is 2. The van der Waals surface area contributed by atoms with E-state index >= 15 is 0 Å². The van der Waals surface area contributed by atoms with E-state index in [1.807, 2.05) is 12.1 Å². The number of nitrogens with one attached hydrogen (secondary N) is 1. The van der Waals surface area contributed by atoms with Gasteiger partial charge in [-0.05, 0) is 12.5 Å². The van der Waals surface area contributed by atoms with Gasteiger partial charge in [0.05, 0.1) is 29.8 Å². The summed E-state index contributed by atoms with van der Waals surface area (Å²) in [6.07, 6.45) is 0.160. The smallest absolute Gasteiger partial charge is 0.252 e. The van der Waals surface area contributed by atoms with Crippen molar-refractivity contribution in [2.45, 2.75) is 18.6 Å². The van der Waals surface area contributed by atoms with Crippen LogP contribution in [0.3, 0.4) is 0 Å². The van der Waals surface area contributed by atoms with Crippen molar-refractivity contribution in [1.29, 1.82) is 0 Å². The zero-order chi connectivity index (χ0) is 18.7. The Morgan fingerprint density at radius 3 is 2.92 bits per heavy atom. The minimum atomic E-state index is -0.570. The van der Waals surface area contributed by atoms with Crippen LogP contribution in [0.25, 0.3) is 10.9 Å². The lowest BCUT2D eigenvalue weighted by molar-refractivity contribution is -0.128. The first-order chi connectivity index (χ1) is 12.5. The topological polar surface area (TPSA) is 113 Å². The number of pyridine rings is 1. The van der Waals surface area contributed by atoms with Gasteiger partial charge in [-0.2, -0.15) is 0 Å². The van der Waals surface area contributed by atoms with Crippen molar-refractivity contribution in [3.05, 3.63) is 46.2 Å². The Morgan fingerprint density at radius 1 is 1.38 bits per heavy atom. The van der Waals surface area contributed by atoms with E-state index in [9.17, 15) is 14.4 Å². The van der Waals surface area contributed by atoms with E-state index in [0.717, 1.165) is 0 Å². The van der Waals surface area contributed by atoms with E-state index in [1.54, 1.807) is 19.2 Å². The monoisotopic (exact) mass is 359 g/mol. The van der Waals surface area contributed by atoms with Crippen molar-refractivity contribution < 1.29 is 19.1 Å². The van der Waals surface area contributed by atoms with E-state index in [1.165, 1.54) is 10.6 Å². The molecule has 8 heteroatoms. The number of carbonyl (C=O) groups is 2. The van der Waals surface area contributed by atoms with E-state index < -0.39 is 11.9 Å². The SMILES string of the molecule is Cn1c(=O)cc(C(=O)N[C@@H]2COCC[C@@H]2OCC(N)=O)c2ccccc21. The highest BCUT2D eigenvalue weighted by Gasteiger charge is 2.29. The molecule has 0 spiro atoms. The molecule has 1 saturated heterocycles. The summed E-state index contributed by atoms with van der Waals surface area (Å²) >= 11 is 0. The Labute approximate surface area is 149 Å². The van der Waals surface area contributed by atoms with E-state index in [4.69, 9.17) is 15.2 Å². The number of aromatic nitrogens is 1. The van der Waals surface area contributed by atoms with Gasteiger partial charge in [0.25, 0.3) is 11.5 Å². The molecule has 0 aliphatic carbocycles. The van der Waals surface area contributed by atoms with Crippen LogP contribution in [0, 0.1) is 0 Å². The summed E-state index contributed by atoms with van der Waals surface area (Å²) in [5.41, 5.74) is 5.82. The summed E-state index contributed by atoms with van der Waals surface area (Å²) in [6.45, 7) is 0.522. The zero-order valence-electron chi connectivity index (χ0n) is 14.4. The Hall–Kier alpha value is -2.71. The average molecular weight is 359 g/mol. The van der Waals surface area contributed by atoms with E-state index in [2.05, 4.69) is 5.32 Å². The number of hydrogen-bond acceptors (Lipinski definition) is 5. The van der Waals surface area contributed by atoms with Crippen molar-refractivity contribution >= 4 is 22.7 Å². The van der Waals surface area contributed by atoms with Crippen molar-refractivity contribution in [1.82, 2.24) is 9.88 Å². The third kappa shape index (κ3) is 3.76. The van der Waals surface area contributed by atoms with Gasteiger partial charge >= 0.3 is 0 Å². The van der Waals surface area contributed by atoms with Crippen molar-refractivity contribution in [2.75, 3.05) is 19.8 Å². The third-order valence-corrected chi connectivity index (χ3v) is 4.45. The van der Waals surface area contributed by atoms with Crippen LogP contribution in [0.4, 0.5) is 0 Å². The van der Waals surface area contributed by atoms with Crippen molar-refractivity contribution in [3.8, 4) is 0 Å². The molecular weight excluding hydrogens is 338 g/mol. The minimum Gasteiger partial charge on any atom is -0.379 e. The molecule has 2 aromatic rings. The summed E-state index contributed by atoms with van der Waals surface area (Å²) in [6, 6.07) is 8.09. The van der Waals surface area contributed by atoms with Crippen LogP contribution in [0.2, 0.25) is 0 Å². The van der Waals surface area contributed by atoms with Crippen molar-refractivity contribution in [3.63, 3.8) is 0 Å². The Balaban J connectivity index is 1.85. The fraction of sp³-hybridized carbons (Fsp3) is 0.389. The quantitative estimate of drug-likeness (QED) is 0.776. The standard InChI is InChI=1S/C18H21N3O5/c1-21-14-5-3-2-4-11(14)12(8-17(21)23)18(24)20-13-9-25-7-6-15(13)26-10-16(19)22/h2-5,8,13,15H,6-7,9-10H2,1H3,(H2,19,22)(H,20,24)/t13-,15+/m1/s1. The number of nitrogens with two attached hydrogens (primary N) is 1. The summed E-state index contributed by atoms with van der Waals surface area (Å²) in [4.78, 5) is 35.9. The van der Waals surface area contributed by atoms with Gasteiger partial charge in [-0.1, -0.05) is 18.2 Å². The molecule has 3 rings (SSSR count). The number of aryl methyl sites for hydroxylation is 1. The number of benzene rings is 1. The molecule has 0 radical (unpaired) electrons. The van der Waals surface area contributed by atoms with Gasteiger partial charge < -0.3 is 25.1 Å². The van der Waals surface area contributed by atoms with Crippen LogP contribution < -0.4 is 16.6 Å². The van der Waals surface area contributed by atoms with Gasteiger partial charge in [0.15, 0.2) is 0 Å². The number of amides is 2. The minimum absolute atomic E-state index is 0.216. The van der Waals surface area contributed by atoms with Crippen LogP contribution in [0.5, 0.6) is 0 Å². The summed E-state index contributed by atoms with van der Waals surface area (Å²) < 4.78 is 12.4. The van der Waals surface area contributed by atoms with Crippen LogP contribution in [-0.2, 0) is 21.3 Å². The number of carbonyl (C=O) groups excluding carboxylic acids is 2. The van der Waals surface area contributed by atoms with Crippen LogP contribution in [-0.4, -0.2) is 48.3 Å². The molecule has 26 heavy (non-hydrogen) atoms. The van der Waals surface area contributed by atoms with Gasteiger partial charge in [-0.3, -0.25) is 14.4 Å². The Kier molecular flexibility index (Phi) is 5.34. The highest BCUT2D eigenvalue weighted by atomic mass is 16.5. The highest BCUT2D eigenvalue weighted by molar-refractivity contribution is 6.06. The molecular formula is C18H21N3O5. The van der Waals surface area contributed by atoms with Crippen LogP contribution in [0.15, 0.2) is 35.1 Å². The van der Waals surface area contributed by atoms with Gasteiger partial charge in [-0.15, -0.1) is 0 Å². The fourth-order valence-electron chi connectivity index (χ4n) is 3.09. The highest BCUT2D eigenvalue weighted by Crippen LogP contribution is 2.18. The Bertz CT molecular complexity index is 892. The molecule has 8 nitrogen and oxygen atoms in total. The second-order valence-corrected chi connectivity index (χ2v) is 6.23. The summed E-state index contributed by atoms with van der Waals surface area (Å²) in [5.74, 6) is -0.957. The lowest BCUT2D eigenvalue weighted by Gasteiger charge is -2.31. The molecule has 2 amide bonds. The lowest BCUT2D eigenvalue weighted by atomic mass is 10.0. The number of fused-ring (bicyclic) bond motifs is 1. The first-order valence-corrected chi connectivity index (χ1v) is 8.34. The van der Waals surface area contributed by atoms with Gasteiger partial charge in [0.2, 0.25) is 5.91 Å². The number of nitrogens with zero attached hydrogens (tertiary/aromatic N) is 1. The molecule has 3 N–H and O–H groups in total. The fourth-order valence-corrected chi connectivity index (χ4v) is 3.09. The van der Waals surface area contributed by atoms with Crippen LogP contribution >= 0.6 is 0 Å². The predicted molar refractivity (Wildman–Crippen MR) is 94.8 cm³/mol. The second kappa shape index (κ2) is 7.67. The largest absolute Gasteiger partial charge is 0.379 e. The molecule has 1 aromatic carbocycles. The second-order valence-electron chi connectivity index (χ2n) is 6.23. The molecule has 1 aliphatic rings. The maximum atomic E-state index is 12.8. The predicted octanol–water partition coefficient (Wildman–Crippen LogP) is -0.0723. The number of hydrogen-bond donors (Lipinski definition) is 2. The number of para-hydroxylation sites is 1. The molecule has 138 valence electrons. The number of primary amides is 1. The van der Waals surface area contributed by atoms with Crippen LogP contribution in [0.1, 0.15) is 16.8 Å². The normalized spacial score (nSPS) is 20.0. The van der Waals surface area contributed by atoms with Gasteiger partial charge in [0, 0.05) is 25.1 Å². The molecule has 1 aromatic heterocycles. The third-order valence-electron chi connectivity index (χ3n) is 4.45. The zero-order valence-corrected chi connectivity index (χ0v) is 14.4. The molecule has 2 atom stereocenters. The molecule has 1 aliphatic heterocycles. The number of rotatable bonds is 5. The van der Waals surface area contributed by atoms with Crippen molar-refractivity contribution in [2.24, 2.45) is 12.8 Å². The van der Waals surface area contributed by atoms with Gasteiger partial charge in [0.1, 0.15) is 6.61 Å². The molecule has 0 bridgehead atoms. The van der Waals surface area contributed by atoms with E-state index in [0.29, 0.717) is 29.5 Å². The lowest BCUT2D eigenvalue weighted by Crippen LogP contribution is -2.51. The summed E-state index contributed by atoms with van der Waals surface area (Å²) in [7, 11) is 1.66. The maximum absolute atomic E-state index is 12.8. The molecule has 0 saturated carbocycles. The summed E-state index contributed by atoms with van der Waals surface area (Å²) in [5, 5.41) is 3.54. The van der Waals surface area contributed by atoms with E-state index in [-0.39, 0.29) is 30.8 Å². The first kappa shape index (κ1) is 18.1. The average Bonchev–Trinajstić information content (AvgIpc) is 2.64. The molecule has 2 heterocycles. The maximum Gasteiger partial charge on any atom is 0.252 e. The van der Waals surface area contributed by atoms with Gasteiger partial charge in [-0.25, -0.2) is 0 Å². The molecule has 0 unspecified atom stereocenters. The Morgan fingerprint density at radius 2 is 2.15 bits per heavy atom. The first-order valence-electron chi connectivity index (χ1n) is 8.34.